The van der Waals surface area contributed by atoms with E-state index in [1.54, 1.807) is 0 Å². The van der Waals surface area contributed by atoms with Gasteiger partial charge in [0.1, 0.15) is 0 Å². The number of anilines is 1. The van der Waals surface area contributed by atoms with Crippen LogP contribution in [-0.2, 0) is 19.5 Å². The molecule has 0 fully saturated rings. The van der Waals surface area contributed by atoms with Crippen LogP contribution in [0.5, 0.6) is 0 Å². The maximum atomic E-state index is 6.04. The lowest BCUT2D eigenvalue weighted by molar-refractivity contribution is 0.246. The minimum Gasteiger partial charge on any atom is -0.398 e. The molecule has 1 aliphatic rings. The average Bonchev–Trinajstić information content (AvgIpc) is 2.88. The van der Waals surface area contributed by atoms with Gasteiger partial charge in [-0.05, 0) is 37.5 Å². The number of nitrogens with two attached hydrogens (primary N) is 1. The van der Waals surface area contributed by atoms with E-state index in [0.29, 0.717) is 6.04 Å². The number of nitrogens with zero attached hydrogens (tertiary/aromatic N) is 3. The Labute approximate surface area is 120 Å². The van der Waals surface area contributed by atoms with Crippen molar-refractivity contribution in [3.05, 3.63) is 47.3 Å². The Kier molecular flexibility index (Phi) is 3.49. The molecule has 2 heterocycles. The largest absolute Gasteiger partial charge is 0.398 e. The van der Waals surface area contributed by atoms with Gasteiger partial charge in [-0.1, -0.05) is 12.1 Å². The Morgan fingerprint density at radius 2 is 2.20 bits per heavy atom. The molecule has 1 aromatic carbocycles. The molecule has 0 amide bonds. The Balaban J connectivity index is 1.71. The van der Waals surface area contributed by atoms with Crippen molar-refractivity contribution in [2.75, 3.05) is 12.3 Å². The lowest BCUT2D eigenvalue weighted by Gasteiger charge is -2.29. The summed E-state index contributed by atoms with van der Waals surface area (Å²) in [5.74, 6) is 0. The zero-order valence-electron chi connectivity index (χ0n) is 12.2. The fraction of sp³-hybridized carbons (Fsp3) is 0.438. The molecule has 0 bridgehead atoms. The molecule has 20 heavy (non-hydrogen) atoms. The first-order valence-corrected chi connectivity index (χ1v) is 7.25. The first-order valence-electron chi connectivity index (χ1n) is 7.25. The summed E-state index contributed by atoms with van der Waals surface area (Å²) in [6.45, 7) is 7.30. The first kappa shape index (κ1) is 13.2. The molecule has 4 heteroatoms. The molecule has 0 spiro atoms. The number of nitrogen functional groups attached to an aromatic ring is 1. The smallest absolute Gasteiger partial charge is 0.0534 e. The molecule has 4 nitrogen and oxygen atoms in total. The van der Waals surface area contributed by atoms with Crippen molar-refractivity contribution in [1.29, 1.82) is 0 Å². The van der Waals surface area contributed by atoms with Gasteiger partial charge in [-0.25, -0.2) is 0 Å². The maximum absolute atomic E-state index is 6.04. The molecule has 0 radical (unpaired) electrons. The van der Waals surface area contributed by atoms with Crippen LogP contribution >= 0.6 is 0 Å². The molecule has 1 aromatic heterocycles. The third kappa shape index (κ3) is 2.56. The second kappa shape index (κ2) is 5.29. The van der Waals surface area contributed by atoms with Crippen LogP contribution in [0.3, 0.4) is 0 Å². The van der Waals surface area contributed by atoms with Crippen LogP contribution in [0.2, 0.25) is 0 Å². The third-order valence-corrected chi connectivity index (χ3v) is 3.97. The van der Waals surface area contributed by atoms with Gasteiger partial charge in [0, 0.05) is 43.1 Å². The van der Waals surface area contributed by atoms with Gasteiger partial charge in [0.2, 0.25) is 0 Å². The van der Waals surface area contributed by atoms with E-state index in [2.05, 4.69) is 42.2 Å². The van der Waals surface area contributed by atoms with Crippen molar-refractivity contribution in [2.24, 2.45) is 0 Å². The second-order valence-electron chi connectivity index (χ2n) is 5.87. The monoisotopic (exact) mass is 270 g/mol. The summed E-state index contributed by atoms with van der Waals surface area (Å²) >= 11 is 0. The van der Waals surface area contributed by atoms with E-state index in [4.69, 9.17) is 5.73 Å². The lowest BCUT2D eigenvalue weighted by atomic mass is 9.98. The maximum Gasteiger partial charge on any atom is 0.0534 e. The van der Waals surface area contributed by atoms with Gasteiger partial charge in [-0.15, -0.1) is 0 Å². The number of aromatic nitrogens is 2. The summed E-state index contributed by atoms with van der Waals surface area (Å²) in [6.07, 6.45) is 5.18. The summed E-state index contributed by atoms with van der Waals surface area (Å²) in [4.78, 5) is 2.46. The number of rotatable bonds is 3. The Morgan fingerprint density at radius 1 is 1.35 bits per heavy atom. The topological polar surface area (TPSA) is 47.1 Å². The quantitative estimate of drug-likeness (QED) is 0.872. The predicted octanol–water partition coefficient (Wildman–Crippen LogP) is 2.60. The molecule has 3 rings (SSSR count). The second-order valence-corrected chi connectivity index (χ2v) is 5.87. The summed E-state index contributed by atoms with van der Waals surface area (Å²) in [7, 11) is 0. The Hall–Kier alpha value is -1.81. The molecule has 1 aliphatic heterocycles. The predicted molar refractivity (Wildman–Crippen MR) is 81.3 cm³/mol. The highest BCUT2D eigenvalue weighted by molar-refractivity contribution is 5.51. The zero-order valence-corrected chi connectivity index (χ0v) is 12.2. The van der Waals surface area contributed by atoms with E-state index in [1.807, 2.05) is 16.9 Å². The van der Waals surface area contributed by atoms with Gasteiger partial charge in [0.15, 0.2) is 0 Å². The van der Waals surface area contributed by atoms with Crippen molar-refractivity contribution in [2.45, 2.75) is 39.4 Å². The highest BCUT2D eigenvalue weighted by atomic mass is 15.3. The number of fused-ring (bicyclic) bond motifs is 1. The molecule has 0 saturated carbocycles. The molecule has 0 atom stereocenters. The molecule has 0 unspecified atom stereocenters. The fourth-order valence-electron chi connectivity index (χ4n) is 2.83. The first-order chi connectivity index (χ1) is 9.63. The molecule has 106 valence electrons. The zero-order chi connectivity index (χ0) is 14.1. The normalized spacial score (nSPS) is 15.6. The number of benzene rings is 1. The van der Waals surface area contributed by atoms with Crippen LogP contribution in [0.4, 0.5) is 5.69 Å². The molecule has 0 aliphatic carbocycles. The van der Waals surface area contributed by atoms with Crippen molar-refractivity contribution >= 4 is 5.69 Å². The van der Waals surface area contributed by atoms with Gasteiger partial charge < -0.3 is 5.73 Å². The van der Waals surface area contributed by atoms with Gasteiger partial charge in [0.25, 0.3) is 0 Å². The Morgan fingerprint density at radius 3 is 2.95 bits per heavy atom. The van der Waals surface area contributed by atoms with Crippen LogP contribution in [0.15, 0.2) is 30.6 Å². The highest BCUT2D eigenvalue weighted by Crippen LogP contribution is 2.25. The minimum atomic E-state index is 0.422. The van der Waals surface area contributed by atoms with Gasteiger partial charge in [-0.2, -0.15) is 5.10 Å². The van der Waals surface area contributed by atoms with Crippen LogP contribution in [-0.4, -0.2) is 21.2 Å². The molecular formula is C16H22N4. The molecule has 2 aromatic rings. The van der Waals surface area contributed by atoms with Crippen LogP contribution in [0.1, 0.15) is 36.6 Å². The third-order valence-electron chi connectivity index (χ3n) is 3.97. The van der Waals surface area contributed by atoms with E-state index in [0.717, 1.165) is 31.7 Å². The molecule has 0 saturated heterocycles. The summed E-state index contributed by atoms with van der Waals surface area (Å²) < 4.78 is 2.02. The van der Waals surface area contributed by atoms with Gasteiger partial charge in [0.05, 0.1) is 6.20 Å². The van der Waals surface area contributed by atoms with Gasteiger partial charge >= 0.3 is 0 Å². The number of hydrogen-bond acceptors (Lipinski definition) is 3. The SMILES string of the molecule is CC(C)n1cc(CN2CCc3c(N)cccc3C2)cn1. The number of hydrogen-bond donors (Lipinski definition) is 1. The van der Waals surface area contributed by atoms with E-state index >= 15 is 0 Å². The van der Waals surface area contributed by atoms with Crippen molar-refractivity contribution in [3.8, 4) is 0 Å². The summed E-state index contributed by atoms with van der Waals surface area (Å²) in [5.41, 5.74) is 11.0. The van der Waals surface area contributed by atoms with Crippen molar-refractivity contribution in [1.82, 2.24) is 14.7 Å². The van der Waals surface area contributed by atoms with Gasteiger partial charge in [-0.3, -0.25) is 9.58 Å². The minimum absolute atomic E-state index is 0.422. The molecule has 2 N–H and O–H groups in total. The Bertz CT molecular complexity index is 600. The van der Waals surface area contributed by atoms with E-state index in [1.165, 1.54) is 16.7 Å². The standard InChI is InChI=1S/C16H22N4/c1-12(2)20-10-13(8-18-20)9-19-7-6-15-14(11-19)4-3-5-16(15)17/h3-5,8,10,12H,6-7,9,11,17H2,1-2H3. The fourth-order valence-corrected chi connectivity index (χ4v) is 2.83. The van der Waals surface area contributed by atoms with Crippen LogP contribution < -0.4 is 5.73 Å². The highest BCUT2D eigenvalue weighted by Gasteiger charge is 2.18. The summed E-state index contributed by atoms with van der Waals surface area (Å²) in [6, 6.07) is 6.66. The van der Waals surface area contributed by atoms with E-state index in [-0.39, 0.29) is 0 Å². The van der Waals surface area contributed by atoms with Crippen LogP contribution in [0.25, 0.3) is 0 Å². The van der Waals surface area contributed by atoms with Crippen LogP contribution in [0, 0.1) is 0 Å². The van der Waals surface area contributed by atoms with E-state index in [9.17, 15) is 0 Å². The van der Waals surface area contributed by atoms with Crippen molar-refractivity contribution < 1.29 is 0 Å². The molecular weight excluding hydrogens is 248 g/mol. The lowest BCUT2D eigenvalue weighted by Crippen LogP contribution is -2.30. The van der Waals surface area contributed by atoms with E-state index < -0.39 is 0 Å². The average molecular weight is 270 g/mol. The van der Waals surface area contributed by atoms with Crippen molar-refractivity contribution in [3.63, 3.8) is 0 Å². The summed E-state index contributed by atoms with van der Waals surface area (Å²) in [5, 5.41) is 4.41.